The van der Waals surface area contributed by atoms with E-state index in [4.69, 9.17) is 11.6 Å². The van der Waals surface area contributed by atoms with Gasteiger partial charge in [0.1, 0.15) is 5.21 Å². The predicted molar refractivity (Wildman–Crippen MR) is 59.1 cm³/mol. The number of hydrogen-bond donors (Lipinski definition) is 1. The maximum atomic E-state index is 11.7. The summed E-state index contributed by atoms with van der Waals surface area (Å²) in [5.74, 6) is 0. The van der Waals surface area contributed by atoms with E-state index in [2.05, 4.69) is 4.98 Å². The number of nitrogens with zero attached hydrogens (tertiary/aromatic N) is 1. The fraction of sp³-hybridized carbons (Fsp3) is 0.556. The second-order valence-corrected chi connectivity index (χ2v) is 6.12. The Morgan fingerprint density at radius 2 is 2.40 bits per heavy atom. The molecule has 15 heavy (non-hydrogen) atoms. The Kier molecular flexibility index (Phi) is 3.04. The number of sulfonamides is 1. The van der Waals surface area contributed by atoms with Crippen LogP contribution in [0.15, 0.2) is 18.3 Å². The van der Waals surface area contributed by atoms with Crippen LogP contribution in [0.2, 0.25) is 0 Å². The molecule has 2 rings (SSSR count). The highest BCUT2D eigenvalue weighted by Gasteiger charge is 2.34. The van der Waals surface area contributed by atoms with Gasteiger partial charge in [-0.15, -0.1) is 11.6 Å². The molecule has 0 aromatic carbocycles. The molecule has 1 fully saturated rings. The number of halogens is 1. The summed E-state index contributed by atoms with van der Waals surface area (Å²) in [5, 5.41) is -0.343. The van der Waals surface area contributed by atoms with E-state index in [1.54, 1.807) is 6.20 Å². The van der Waals surface area contributed by atoms with E-state index in [9.17, 15) is 8.42 Å². The molecule has 0 aliphatic carbocycles. The smallest absolute Gasteiger partial charge is 0.228 e. The minimum atomic E-state index is -3.29. The first-order valence-electron chi connectivity index (χ1n) is 4.84. The van der Waals surface area contributed by atoms with Gasteiger partial charge in [0.15, 0.2) is 0 Å². The van der Waals surface area contributed by atoms with Crippen LogP contribution in [0.3, 0.4) is 0 Å². The van der Waals surface area contributed by atoms with Gasteiger partial charge < -0.3 is 4.98 Å². The second kappa shape index (κ2) is 4.15. The monoisotopic (exact) mass is 248 g/mol. The summed E-state index contributed by atoms with van der Waals surface area (Å²) in [6.07, 6.45) is 3.55. The van der Waals surface area contributed by atoms with E-state index in [0.29, 0.717) is 6.54 Å². The number of H-pyrrole nitrogens is 1. The van der Waals surface area contributed by atoms with E-state index >= 15 is 0 Å². The van der Waals surface area contributed by atoms with Gasteiger partial charge in [-0.3, -0.25) is 0 Å². The van der Waals surface area contributed by atoms with Gasteiger partial charge in [0.2, 0.25) is 10.0 Å². The SMILES string of the molecule is O=S(=O)(CCl)N1CCCC1c1ccc[nH]1. The van der Waals surface area contributed by atoms with Crippen molar-refractivity contribution >= 4 is 21.6 Å². The predicted octanol–water partition coefficient (Wildman–Crippen LogP) is 1.68. The molecule has 1 aromatic rings. The van der Waals surface area contributed by atoms with Gasteiger partial charge in [-0.25, -0.2) is 8.42 Å². The Bertz CT molecular complexity index is 415. The molecule has 84 valence electrons. The van der Waals surface area contributed by atoms with Gasteiger partial charge in [-0.1, -0.05) is 0 Å². The number of aromatic amines is 1. The Labute approximate surface area is 94.3 Å². The minimum absolute atomic E-state index is 0.0660. The minimum Gasteiger partial charge on any atom is -0.364 e. The maximum absolute atomic E-state index is 11.7. The lowest BCUT2D eigenvalue weighted by Crippen LogP contribution is -2.31. The van der Waals surface area contributed by atoms with Crippen molar-refractivity contribution in [3.8, 4) is 0 Å². The Hall–Kier alpha value is -0.520. The lowest BCUT2D eigenvalue weighted by Gasteiger charge is -2.21. The van der Waals surface area contributed by atoms with Crippen molar-refractivity contribution in [3.05, 3.63) is 24.0 Å². The zero-order chi connectivity index (χ0) is 10.9. The summed E-state index contributed by atoms with van der Waals surface area (Å²) in [6.45, 7) is 0.568. The Morgan fingerprint density at radius 3 is 3.00 bits per heavy atom. The van der Waals surface area contributed by atoms with E-state index < -0.39 is 10.0 Å². The van der Waals surface area contributed by atoms with Crippen molar-refractivity contribution in [1.82, 2.24) is 9.29 Å². The molecule has 1 aromatic heterocycles. The normalized spacial score (nSPS) is 23.4. The molecule has 1 aliphatic heterocycles. The number of rotatable bonds is 3. The first-order valence-corrected chi connectivity index (χ1v) is 6.98. The fourth-order valence-corrected chi connectivity index (χ4v) is 3.51. The third-order valence-corrected chi connectivity index (χ3v) is 4.93. The molecule has 0 bridgehead atoms. The quantitative estimate of drug-likeness (QED) is 0.828. The molecule has 2 heterocycles. The largest absolute Gasteiger partial charge is 0.364 e. The van der Waals surface area contributed by atoms with Gasteiger partial charge in [0.05, 0.1) is 6.04 Å². The number of hydrogen-bond acceptors (Lipinski definition) is 2. The standard InChI is InChI=1S/C9H13ClN2O2S/c10-7-15(13,14)12-6-2-4-9(12)8-3-1-5-11-8/h1,3,5,9,11H,2,4,6-7H2. The lowest BCUT2D eigenvalue weighted by molar-refractivity contribution is 0.394. The van der Waals surface area contributed by atoms with Crippen molar-refractivity contribution < 1.29 is 8.42 Å². The van der Waals surface area contributed by atoms with Gasteiger partial charge >= 0.3 is 0 Å². The number of nitrogens with one attached hydrogen (secondary N) is 1. The molecule has 0 amide bonds. The van der Waals surface area contributed by atoms with Crippen LogP contribution < -0.4 is 0 Å². The molecule has 1 N–H and O–H groups in total. The fourth-order valence-electron chi connectivity index (χ4n) is 2.00. The third kappa shape index (κ3) is 2.04. The van der Waals surface area contributed by atoms with Crippen LogP contribution in [0.1, 0.15) is 24.6 Å². The Morgan fingerprint density at radius 1 is 1.60 bits per heavy atom. The molecule has 0 saturated carbocycles. The van der Waals surface area contributed by atoms with Crippen LogP contribution >= 0.6 is 11.6 Å². The molecule has 0 radical (unpaired) electrons. The van der Waals surface area contributed by atoms with E-state index in [1.165, 1.54) is 4.31 Å². The summed E-state index contributed by atoms with van der Waals surface area (Å²) in [5.41, 5.74) is 0.946. The summed E-state index contributed by atoms with van der Waals surface area (Å²) >= 11 is 5.46. The van der Waals surface area contributed by atoms with Crippen molar-refractivity contribution in [3.63, 3.8) is 0 Å². The molecule has 1 saturated heterocycles. The summed E-state index contributed by atoms with van der Waals surface area (Å²) in [4.78, 5) is 3.06. The van der Waals surface area contributed by atoms with Crippen LogP contribution in [-0.2, 0) is 10.0 Å². The lowest BCUT2D eigenvalue weighted by atomic mass is 10.2. The second-order valence-electron chi connectivity index (χ2n) is 3.62. The highest BCUT2D eigenvalue weighted by Crippen LogP contribution is 2.33. The van der Waals surface area contributed by atoms with Crippen LogP contribution in [0.4, 0.5) is 0 Å². The molecular formula is C9H13ClN2O2S. The maximum Gasteiger partial charge on any atom is 0.228 e. The van der Waals surface area contributed by atoms with Crippen LogP contribution in [0, 0.1) is 0 Å². The van der Waals surface area contributed by atoms with Crippen LogP contribution in [0.5, 0.6) is 0 Å². The van der Waals surface area contributed by atoms with Gasteiger partial charge in [0, 0.05) is 18.4 Å². The van der Waals surface area contributed by atoms with Crippen molar-refractivity contribution in [2.24, 2.45) is 0 Å². The Balaban J connectivity index is 2.27. The molecule has 0 spiro atoms. The molecule has 4 nitrogen and oxygen atoms in total. The zero-order valence-corrected chi connectivity index (χ0v) is 9.76. The average Bonchev–Trinajstić information content (AvgIpc) is 2.87. The van der Waals surface area contributed by atoms with E-state index in [1.807, 2.05) is 12.1 Å². The van der Waals surface area contributed by atoms with Gasteiger partial charge in [0.25, 0.3) is 0 Å². The van der Waals surface area contributed by atoms with Crippen molar-refractivity contribution in [2.45, 2.75) is 18.9 Å². The van der Waals surface area contributed by atoms with Gasteiger partial charge in [-0.2, -0.15) is 4.31 Å². The van der Waals surface area contributed by atoms with Crippen LogP contribution in [-0.4, -0.2) is 29.5 Å². The topological polar surface area (TPSA) is 53.2 Å². The molecule has 1 atom stereocenters. The third-order valence-electron chi connectivity index (χ3n) is 2.68. The average molecular weight is 249 g/mol. The first-order chi connectivity index (χ1) is 7.15. The van der Waals surface area contributed by atoms with Crippen LogP contribution in [0.25, 0.3) is 0 Å². The summed E-state index contributed by atoms with van der Waals surface area (Å²) in [7, 11) is -3.29. The first kappa shape index (κ1) is 11.0. The van der Waals surface area contributed by atoms with Crippen molar-refractivity contribution in [1.29, 1.82) is 0 Å². The molecule has 6 heteroatoms. The molecular weight excluding hydrogens is 236 g/mol. The number of aromatic nitrogens is 1. The molecule has 1 aliphatic rings. The van der Waals surface area contributed by atoms with Crippen molar-refractivity contribution in [2.75, 3.05) is 11.8 Å². The van der Waals surface area contributed by atoms with E-state index in [-0.39, 0.29) is 11.3 Å². The van der Waals surface area contributed by atoms with Gasteiger partial charge in [-0.05, 0) is 25.0 Å². The summed E-state index contributed by atoms with van der Waals surface area (Å²) < 4.78 is 24.9. The summed E-state index contributed by atoms with van der Waals surface area (Å²) in [6, 6.07) is 3.72. The zero-order valence-electron chi connectivity index (χ0n) is 8.19. The van der Waals surface area contributed by atoms with E-state index in [0.717, 1.165) is 18.5 Å². The highest BCUT2D eigenvalue weighted by molar-refractivity contribution is 7.90. The highest BCUT2D eigenvalue weighted by atomic mass is 35.5. The number of alkyl halides is 1. The molecule has 1 unspecified atom stereocenters.